The van der Waals surface area contributed by atoms with Gasteiger partial charge in [-0.2, -0.15) is 0 Å². The van der Waals surface area contributed by atoms with Crippen LogP contribution in [0.5, 0.6) is 5.75 Å². The molecule has 0 saturated heterocycles. The van der Waals surface area contributed by atoms with Gasteiger partial charge < -0.3 is 4.74 Å². The summed E-state index contributed by atoms with van der Waals surface area (Å²) in [6.45, 7) is 6.29. The Bertz CT molecular complexity index is 498. The minimum Gasteiger partial charge on any atom is -0.497 e. The van der Waals surface area contributed by atoms with E-state index < -0.39 is 0 Å². The van der Waals surface area contributed by atoms with E-state index in [9.17, 15) is 4.79 Å². The molecule has 96 valence electrons. The smallest absolute Gasteiger partial charge is 0.167 e. The van der Waals surface area contributed by atoms with Crippen molar-refractivity contribution >= 4 is 5.78 Å². The molecule has 0 aromatic heterocycles. The summed E-state index contributed by atoms with van der Waals surface area (Å²) in [5, 5.41) is 0. The maximum Gasteiger partial charge on any atom is 0.167 e. The van der Waals surface area contributed by atoms with Crippen LogP contribution in [0.2, 0.25) is 0 Å². The molecule has 0 unspecified atom stereocenters. The lowest BCUT2D eigenvalue weighted by molar-refractivity contribution is 0.0899. The summed E-state index contributed by atoms with van der Waals surface area (Å²) in [5.74, 6) is 1.03. The van der Waals surface area contributed by atoms with Crippen LogP contribution < -0.4 is 4.74 Å². The number of Topliss-reactive ketones (excluding diaryl/α,β-unsaturated/α-hetero) is 1. The minimum atomic E-state index is -0.0990. The molecule has 1 aromatic rings. The van der Waals surface area contributed by atoms with E-state index in [1.807, 2.05) is 31.2 Å². The third-order valence-corrected chi connectivity index (χ3v) is 3.98. The summed E-state index contributed by atoms with van der Waals surface area (Å²) in [6, 6.07) is 5.84. The lowest BCUT2D eigenvalue weighted by Gasteiger charge is -2.26. The largest absolute Gasteiger partial charge is 0.497 e. The van der Waals surface area contributed by atoms with E-state index in [4.69, 9.17) is 4.74 Å². The van der Waals surface area contributed by atoms with Crippen molar-refractivity contribution in [3.8, 4) is 5.75 Å². The molecule has 0 heterocycles. The third kappa shape index (κ3) is 1.86. The van der Waals surface area contributed by atoms with E-state index in [-0.39, 0.29) is 17.1 Å². The van der Waals surface area contributed by atoms with Crippen molar-refractivity contribution in [2.75, 3.05) is 7.11 Å². The summed E-state index contributed by atoms with van der Waals surface area (Å²) in [4.78, 5) is 12.5. The van der Waals surface area contributed by atoms with Crippen LogP contribution >= 0.6 is 0 Å². The van der Waals surface area contributed by atoms with Crippen LogP contribution in [0.1, 0.15) is 43.1 Å². The zero-order chi connectivity index (χ0) is 13.3. The maximum atomic E-state index is 12.5. The van der Waals surface area contributed by atoms with Gasteiger partial charge in [0.1, 0.15) is 5.75 Å². The quantitative estimate of drug-likeness (QED) is 0.757. The zero-order valence-electron chi connectivity index (χ0n) is 11.5. The van der Waals surface area contributed by atoms with Gasteiger partial charge in [-0.3, -0.25) is 4.79 Å². The molecule has 0 fully saturated rings. The molecule has 0 radical (unpaired) electrons. The van der Waals surface area contributed by atoms with Crippen LogP contribution in [-0.2, 0) is 5.41 Å². The number of ketones is 1. The Labute approximate surface area is 109 Å². The Balaban J connectivity index is 2.46. The average Bonchev–Trinajstić information content (AvgIpc) is 2.55. The van der Waals surface area contributed by atoms with Gasteiger partial charge in [-0.15, -0.1) is 0 Å². The molecule has 2 rings (SSSR count). The van der Waals surface area contributed by atoms with Gasteiger partial charge in [0, 0.05) is 16.9 Å². The van der Waals surface area contributed by atoms with Gasteiger partial charge in [0.05, 0.1) is 7.11 Å². The van der Waals surface area contributed by atoms with Crippen molar-refractivity contribution in [2.45, 2.75) is 32.6 Å². The van der Waals surface area contributed by atoms with Crippen molar-refractivity contribution in [3.05, 3.63) is 41.5 Å². The van der Waals surface area contributed by atoms with Crippen LogP contribution in [-0.4, -0.2) is 12.9 Å². The summed E-state index contributed by atoms with van der Waals surface area (Å²) in [7, 11) is 1.63. The fourth-order valence-electron chi connectivity index (χ4n) is 2.79. The highest BCUT2D eigenvalue weighted by Crippen LogP contribution is 2.45. The first kappa shape index (κ1) is 12.9. The van der Waals surface area contributed by atoms with Crippen LogP contribution in [0.15, 0.2) is 30.4 Å². The van der Waals surface area contributed by atoms with Crippen LogP contribution in [0, 0.1) is 5.92 Å². The van der Waals surface area contributed by atoms with Gasteiger partial charge in [0.25, 0.3) is 0 Å². The Morgan fingerprint density at radius 1 is 1.39 bits per heavy atom. The Morgan fingerprint density at radius 2 is 2.11 bits per heavy atom. The number of hydrogen-bond donors (Lipinski definition) is 0. The number of fused-ring (bicyclic) bond motifs is 1. The zero-order valence-corrected chi connectivity index (χ0v) is 11.5. The van der Waals surface area contributed by atoms with E-state index >= 15 is 0 Å². The Kier molecular flexibility index (Phi) is 3.29. The van der Waals surface area contributed by atoms with Crippen molar-refractivity contribution in [1.29, 1.82) is 0 Å². The molecule has 0 bridgehead atoms. The first-order valence-electron chi connectivity index (χ1n) is 6.36. The van der Waals surface area contributed by atoms with Crippen LogP contribution in [0.25, 0.3) is 0 Å². The van der Waals surface area contributed by atoms with Crippen molar-refractivity contribution in [1.82, 2.24) is 0 Å². The number of hydrogen-bond acceptors (Lipinski definition) is 2. The second-order valence-electron chi connectivity index (χ2n) is 5.35. The molecule has 0 saturated carbocycles. The monoisotopic (exact) mass is 244 g/mol. The van der Waals surface area contributed by atoms with Crippen molar-refractivity contribution < 1.29 is 9.53 Å². The second kappa shape index (κ2) is 4.60. The average molecular weight is 244 g/mol. The SMILES string of the molecule is CC=CC[C@@H]1C(=O)c2cc(OC)ccc2C1(C)C. The van der Waals surface area contributed by atoms with Crippen molar-refractivity contribution in [3.63, 3.8) is 0 Å². The van der Waals surface area contributed by atoms with E-state index in [0.717, 1.165) is 23.3 Å². The molecule has 1 aliphatic carbocycles. The minimum absolute atomic E-state index is 0.0378. The number of methoxy groups -OCH3 is 1. The molecule has 1 aromatic carbocycles. The highest BCUT2D eigenvalue weighted by atomic mass is 16.5. The Morgan fingerprint density at radius 3 is 2.72 bits per heavy atom. The number of rotatable bonds is 3. The number of ether oxygens (including phenoxy) is 1. The lowest BCUT2D eigenvalue weighted by Crippen LogP contribution is -2.26. The number of benzene rings is 1. The number of carbonyl (C=O) groups is 1. The molecule has 18 heavy (non-hydrogen) atoms. The van der Waals surface area contributed by atoms with Crippen LogP contribution in [0.3, 0.4) is 0 Å². The number of carbonyl (C=O) groups excluding carboxylic acids is 1. The number of allylic oxidation sites excluding steroid dienone is 2. The molecule has 0 N–H and O–H groups in total. The highest BCUT2D eigenvalue weighted by molar-refractivity contribution is 6.04. The second-order valence-corrected chi connectivity index (χ2v) is 5.35. The first-order chi connectivity index (χ1) is 8.52. The topological polar surface area (TPSA) is 26.3 Å². The summed E-state index contributed by atoms with van der Waals surface area (Å²) < 4.78 is 5.21. The molecule has 1 aliphatic rings. The predicted octanol–water partition coefficient (Wildman–Crippen LogP) is 3.75. The molecule has 0 spiro atoms. The molecule has 2 nitrogen and oxygen atoms in total. The third-order valence-electron chi connectivity index (χ3n) is 3.98. The van der Waals surface area contributed by atoms with Gasteiger partial charge in [-0.25, -0.2) is 0 Å². The van der Waals surface area contributed by atoms with E-state index in [1.54, 1.807) is 7.11 Å². The molecule has 0 aliphatic heterocycles. The highest BCUT2D eigenvalue weighted by Gasteiger charge is 2.44. The molecular formula is C16H20O2. The van der Waals surface area contributed by atoms with Crippen LogP contribution in [0.4, 0.5) is 0 Å². The molecular weight excluding hydrogens is 224 g/mol. The van der Waals surface area contributed by atoms with Gasteiger partial charge in [-0.1, -0.05) is 32.1 Å². The normalized spacial score (nSPS) is 21.3. The van der Waals surface area contributed by atoms with E-state index in [0.29, 0.717) is 0 Å². The fraction of sp³-hybridized carbons (Fsp3) is 0.438. The molecule has 0 amide bonds. The van der Waals surface area contributed by atoms with E-state index in [2.05, 4.69) is 19.9 Å². The molecule has 1 atom stereocenters. The lowest BCUT2D eigenvalue weighted by atomic mass is 9.76. The summed E-state index contributed by atoms with van der Waals surface area (Å²) in [6.07, 6.45) is 4.89. The predicted molar refractivity (Wildman–Crippen MR) is 73.3 cm³/mol. The first-order valence-corrected chi connectivity index (χ1v) is 6.36. The van der Waals surface area contributed by atoms with Crippen molar-refractivity contribution in [2.24, 2.45) is 5.92 Å². The maximum absolute atomic E-state index is 12.5. The van der Waals surface area contributed by atoms with Gasteiger partial charge in [-0.05, 0) is 31.0 Å². The fourth-order valence-corrected chi connectivity index (χ4v) is 2.79. The molecule has 2 heteroatoms. The summed E-state index contributed by atoms with van der Waals surface area (Å²) in [5.41, 5.74) is 1.87. The Hall–Kier alpha value is -1.57. The van der Waals surface area contributed by atoms with Gasteiger partial charge >= 0.3 is 0 Å². The summed E-state index contributed by atoms with van der Waals surface area (Å²) >= 11 is 0. The standard InChI is InChI=1S/C16H20O2/c1-5-6-7-14-15(17)12-10-11(18-4)8-9-13(12)16(14,2)3/h5-6,8-10,14H,7H2,1-4H3/t14-/m1/s1. The van der Waals surface area contributed by atoms with E-state index in [1.165, 1.54) is 0 Å². The van der Waals surface area contributed by atoms with Gasteiger partial charge in [0.2, 0.25) is 0 Å². The van der Waals surface area contributed by atoms with Gasteiger partial charge in [0.15, 0.2) is 5.78 Å².